The van der Waals surface area contributed by atoms with Crippen molar-refractivity contribution in [3.05, 3.63) is 47.7 Å². The van der Waals surface area contributed by atoms with Gasteiger partial charge < -0.3 is 13.8 Å². The molecule has 1 aliphatic heterocycles. The van der Waals surface area contributed by atoms with E-state index in [2.05, 4.69) is 16.1 Å². The van der Waals surface area contributed by atoms with Crippen LogP contribution < -0.4 is 13.8 Å². The molecule has 0 radical (unpaired) electrons. The Morgan fingerprint density at radius 1 is 1.20 bits per heavy atom. The van der Waals surface area contributed by atoms with Gasteiger partial charge in [-0.25, -0.2) is 0 Å². The molecule has 2 heterocycles. The first-order valence-electron chi connectivity index (χ1n) is 9.59. The number of ether oxygens (including phenoxy) is 1. The van der Waals surface area contributed by atoms with E-state index in [9.17, 15) is 13.7 Å². The van der Waals surface area contributed by atoms with Crippen molar-refractivity contribution in [2.75, 3.05) is 31.4 Å². The molecule has 0 spiro atoms. The fourth-order valence-electron chi connectivity index (χ4n) is 3.81. The Morgan fingerprint density at radius 3 is 2.50 bits per heavy atom. The monoisotopic (exact) mass is 426 g/mol. The van der Waals surface area contributed by atoms with Crippen molar-refractivity contribution in [2.24, 2.45) is 0 Å². The lowest BCUT2D eigenvalue weighted by atomic mass is 10.1. The predicted molar refractivity (Wildman–Crippen MR) is 113 cm³/mol. The SMILES string of the molecule is COc1ccc(Cn2ncc3c(N4CCCC4)cc(OS(C)(=O)=O)c(C#N)c32)cc1. The second-order valence-electron chi connectivity index (χ2n) is 7.27. The quantitative estimate of drug-likeness (QED) is 0.559. The van der Waals surface area contributed by atoms with E-state index in [4.69, 9.17) is 8.92 Å². The molecule has 4 rings (SSSR count). The van der Waals surface area contributed by atoms with Gasteiger partial charge in [-0.3, -0.25) is 4.68 Å². The molecule has 9 heteroatoms. The molecule has 1 fully saturated rings. The molecule has 0 amide bonds. The average Bonchev–Trinajstić information content (AvgIpc) is 3.38. The Hall–Kier alpha value is -3.25. The molecular formula is C21H22N4O4S. The zero-order valence-corrected chi connectivity index (χ0v) is 17.6. The van der Waals surface area contributed by atoms with Gasteiger partial charge in [0.25, 0.3) is 0 Å². The highest BCUT2D eigenvalue weighted by atomic mass is 32.2. The lowest BCUT2D eigenvalue weighted by molar-refractivity contribution is 0.414. The van der Waals surface area contributed by atoms with Crippen molar-refractivity contribution in [2.45, 2.75) is 19.4 Å². The van der Waals surface area contributed by atoms with Gasteiger partial charge >= 0.3 is 10.1 Å². The molecule has 0 bridgehead atoms. The second-order valence-corrected chi connectivity index (χ2v) is 8.85. The van der Waals surface area contributed by atoms with Gasteiger partial charge in [0.15, 0.2) is 5.75 Å². The van der Waals surface area contributed by atoms with E-state index in [-0.39, 0.29) is 11.3 Å². The van der Waals surface area contributed by atoms with Crippen molar-refractivity contribution in [3.8, 4) is 17.6 Å². The molecule has 0 atom stereocenters. The first-order chi connectivity index (χ1) is 14.4. The van der Waals surface area contributed by atoms with Crippen LogP contribution in [0.1, 0.15) is 24.0 Å². The number of aromatic nitrogens is 2. The van der Waals surface area contributed by atoms with Crippen LogP contribution in [0, 0.1) is 11.3 Å². The van der Waals surface area contributed by atoms with Gasteiger partial charge in [0.2, 0.25) is 0 Å². The first kappa shape index (κ1) is 20.0. The van der Waals surface area contributed by atoms with Gasteiger partial charge in [-0.15, -0.1) is 0 Å². The number of fused-ring (bicyclic) bond motifs is 1. The average molecular weight is 426 g/mol. The van der Waals surface area contributed by atoms with Crippen molar-refractivity contribution >= 4 is 26.7 Å². The van der Waals surface area contributed by atoms with E-state index in [1.807, 2.05) is 24.3 Å². The van der Waals surface area contributed by atoms with E-state index < -0.39 is 10.1 Å². The molecule has 1 saturated heterocycles. The van der Waals surface area contributed by atoms with Crippen LogP contribution in [-0.2, 0) is 16.7 Å². The second kappa shape index (κ2) is 7.88. The number of benzene rings is 2. The number of nitrogens with zero attached hydrogens (tertiary/aromatic N) is 4. The molecule has 1 aliphatic rings. The van der Waals surface area contributed by atoms with Crippen molar-refractivity contribution in [3.63, 3.8) is 0 Å². The maximum Gasteiger partial charge on any atom is 0.306 e. The molecule has 30 heavy (non-hydrogen) atoms. The standard InChI is InChI=1S/C21H22N4O4S/c1-28-16-7-5-15(6-8-16)14-25-21-17(12-22)20(29-30(2,26)27)11-19(18(21)13-23-25)24-9-3-4-10-24/h5-8,11,13H,3-4,9-10,14H2,1-2H3. The number of hydrogen-bond acceptors (Lipinski definition) is 7. The number of nitriles is 1. The lowest BCUT2D eigenvalue weighted by Crippen LogP contribution is -2.18. The summed E-state index contributed by atoms with van der Waals surface area (Å²) in [6.07, 6.45) is 4.83. The van der Waals surface area contributed by atoms with Crippen LogP contribution in [0.25, 0.3) is 10.9 Å². The minimum atomic E-state index is -3.79. The number of hydrogen-bond donors (Lipinski definition) is 0. The van der Waals surface area contributed by atoms with Crippen molar-refractivity contribution < 1.29 is 17.3 Å². The molecule has 8 nitrogen and oxygen atoms in total. The van der Waals surface area contributed by atoms with Gasteiger partial charge in [0, 0.05) is 24.5 Å². The molecule has 156 valence electrons. The van der Waals surface area contributed by atoms with Gasteiger partial charge in [-0.2, -0.15) is 18.8 Å². The third-order valence-corrected chi connectivity index (χ3v) is 5.64. The number of rotatable bonds is 6. The summed E-state index contributed by atoms with van der Waals surface area (Å²) in [5, 5.41) is 15.2. The molecule has 3 aromatic rings. The van der Waals surface area contributed by atoms with Crippen LogP contribution in [-0.4, -0.2) is 44.7 Å². The van der Waals surface area contributed by atoms with E-state index in [1.165, 1.54) is 0 Å². The summed E-state index contributed by atoms with van der Waals surface area (Å²) in [7, 11) is -2.18. The van der Waals surface area contributed by atoms with Crippen LogP contribution in [0.5, 0.6) is 11.5 Å². The van der Waals surface area contributed by atoms with E-state index in [0.29, 0.717) is 12.1 Å². The maximum absolute atomic E-state index is 11.8. The first-order valence-corrected chi connectivity index (χ1v) is 11.4. The maximum atomic E-state index is 11.8. The zero-order valence-electron chi connectivity index (χ0n) is 16.8. The topological polar surface area (TPSA) is 97.4 Å². The molecule has 0 aliphatic carbocycles. The third kappa shape index (κ3) is 3.91. The highest BCUT2D eigenvalue weighted by Gasteiger charge is 2.24. The van der Waals surface area contributed by atoms with Crippen LogP contribution in [0.3, 0.4) is 0 Å². The highest BCUT2D eigenvalue weighted by Crippen LogP contribution is 2.38. The minimum absolute atomic E-state index is 0.0332. The summed E-state index contributed by atoms with van der Waals surface area (Å²) in [6.45, 7) is 2.15. The summed E-state index contributed by atoms with van der Waals surface area (Å²) >= 11 is 0. The third-order valence-electron chi connectivity index (χ3n) is 5.16. The Morgan fingerprint density at radius 2 is 1.90 bits per heavy atom. The fraction of sp³-hybridized carbons (Fsp3) is 0.333. The summed E-state index contributed by atoms with van der Waals surface area (Å²) in [6, 6.07) is 11.3. The van der Waals surface area contributed by atoms with E-state index in [1.54, 1.807) is 24.1 Å². The zero-order chi connectivity index (χ0) is 21.3. The molecule has 1 aromatic heterocycles. The smallest absolute Gasteiger partial charge is 0.306 e. The summed E-state index contributed by atoms with van der Waals surface area (Å²) in [4.78, 5) is 2.18. The normalized spacial score (nSPS) is 14.1. The summed E-state index contributed by atoms with van der Waals surface area (Å²) in [5.41, 5.74) is 2.53. The molecule has 2 aromatic carbocycles. The van der Waals surface area contributed by atoms with Gasteiger partial charge in [-0.05, 0) is 30.5 Å². The van der Waals surface area contributed by atoms with Crippen LogP contribution in [0.2, 0.25) is 0 Å². The largest absolute Gasteiger partial charge is 0.497 e. The van der Waals surface area contributed by atoms with Gasteiger partial charge in [0.1, 0.15) is 17.4 Å². The number of methoxy groups -OCH3 is 1. The Kier molecular flexibility index (Phi) is 5.26. The molecule has 0 N–H and O–H groups in total. The van der Waals surface area contributed by atoms with Gasteiger partial charge in [-0.1, -0.05) is 12.1 Å². The molecular weight excluding hydrogens is 404 g/mol. The Bertz CT molecular complexity index is 1220. The number of anilines is 1. The van der Waals surface area contributed by atoms with E-state index in [0.717, 1.165) is 54.6 Å². The van der Waals surface area contributed by atoms with Crippen LogP contribution >= 0.6 is 0 Å². The van der Waals surface area contributed by atoms with Crippen molar-refractivity contribution in [1.29, 1.82) is 5.26 Å². The Balaban J connectivity index is 1.87. The lowest BCUT2D eigenvalue weighted by Gasteiger charge is -2.20. The van der Waals surface area contributed by atoms with Crippen LogP contribution in [0.4, 0.5) is 5.69 Å². The summed E-state index contributed by atoms with van der Waals surface area (Å²) < 4.78 is 35.8. The highest BCUT2D eigenvalue weighted by molar-refractivity contribution is 7.86. The van der Waals surface area contributed by atoms with E-state index >= 15 is 0 Å². The van der Waals surface area contributed by atoms with Gasteiger partial charge in [0.05, 0.1) is 37.3 Å². The predicted octanol–water partition coefficient (Wildman–Crippen LogP) is 2.90. The molecule has 0 saturated carbocycles. The molecule has 0 unspecified atom stereocenters. The van der Waals surface area contributed by atoms with Crippen LogP contribution in [0.15, 0.2) is 36.5 Å². The Labute approximate surface area is 175 Å². The van der Waals surface area contributed by atoms with Crippen molar-refractivity contribution in [1.82, 2.24) is 9.78 Å². The summed E-state index contributed by atoms with van der Waals surface area (Å²) in [5.74, 6) is 0.785. The minimum Gasteiger partial charge on any atom is -0.497 e. The fourth-order valence-corrected chi connectivity index (χ4v) is 4.27.